The van der Waals surface area contributed by atoms with Crippen LogP contribution in [0.5, 0.6) is 0 Å². The molecule has 0 radical (unpaired) electrons. The van der Waals surface area contributed by atoms with Gasteiger partial charge in [-0.15, -0.1) is 0 Å². The minimum Gasteiger partial charge on any atom is -0.378 e. The quantitative estimate of drug-likeness (QED) is 0.548. The van der Waals surface area contributed by atoms with Gasteiger partial charge in [-0.05, 0) is 26.7 Å². The van der Waals surface area contributed by atoms with Crippen LogP contribution in [0.4, 0.5) is 0 Å². The van der Waals surface area contributed by atoms with E-state index >= 15 is 0 Å². The highest BCUT2D eigenvalue weighted by molar-refractivity contribution is 5.79. The Morgan fingerprint density at radius 2 is 2.43 bits per heavy atom. The SMILES string of the molecule is C/C=C/CCNC(=O)C1CCOC1C. The summed E-state index contributed by atoms with van der Waals surface area (Å²) in [6.45, 7) is 5.39. The second-order valence-electron chi connectivity index (χ2n) is 3.62. The lowest BCUT2D eigenvalue weighted by molar-refractivity contribution is -0.126. The molecule has 2 unspecified atom stereocenters. The zero-order valence-electron chi connectivity index (χ0n) is 8.95. The van der Waals surface area contributed by atoms with Crippen LogP contribution in [-0.2, 0) is 9.53 Å². The van der Waals surface area contributed by atoms with E-state index < -0.39 is 0 Å². The van der Waals surface area contributed by atoms with E-state index in [0.29, 0.717) is 6.61 Å². The first kappa shape index (κ1) is 11.2. The highest BCUT2D eigenvalue weighted by atomic mass is 16.5. The molecular weight excluding hydrogens is 178 g/mol. The standard InChI is InChI=1S/C11H19NO2/c1-3-4-5-7-12-11(13)10-6-8-14-9(10)2/h3-4,9-10H,5-8H2,1-2H3,(H,12,13)/b4-3+. The summed E-state index contributed by atoms with van der Waals surface area (Å²) in [6, 6.07) is 0. The molecule has 1 fully saturated rings. The summed E-state index contributed by atoms with van der Waals surface area (Å²) in [5, 5.41) is 2.92. The summed E-state index contributed by atoms with van der Waals surface area (Å²) in [7, 11) is 0. The van der Waals surface area contributed by atoms with E-state index in [1.165, 1.54) is 0 Å². The highest BCUT2D eigenvalue weighted by Gasteiger charge is 2.30. The number of hydrogen-bond acceptors (Lipinski definition) is 2. The van der Waals surface area contributed by atoms with Crippen LogP contribution in [0, 0.1) is 5.92 Å². The Balaban J connectivity index is 2.20. The molecule has 80 valence electrons. The monoisotopic (exact) mass is 197 g/mol. The minimum atomic E-state index is 0.0561. The molecule has 0 bridgehead atoms. The van der Waals surface area contributed by atoms with Gasteiger partial charge in [0, 0.05) is 13.2 Å². The summed E-state index contributed by atoms with van der Waals surface area (Å²) in [4.78, 5) is 11.6. The predicted octanol–water partition coefficient (Wildman–Crippen LogP) is 1.49. The van der Waals surface area contributed by atoms with Crippen molar-refractivity contribution in [1.82, 2.24) is 5.32 Å². The molecule has 0 aromatic heterocycles. The van der Waals surface area contributed by atoms with Crippen LogP contribution in [0.25, 0.3) is 0 Å². The molecule has 1 aliphatic rings. The second kappa shape index (κ2) is 5.81. The lowest BCUT2D eigenvalue weighted by Gasteiger charge is -2.13. The van der Waals surface area contributed by atoms with Gasteiger partial charge >= 0.3 is 0 Å². The first-order valence-corrected chi connectivity index (χ1v) is 5.26. The van der Waals surface area contributed by atoms with Gasteiger partial charge in [0.05, 0.1) is 12.0 Å². The Hall–Kier alpha value is -0.830. The third-order valence-electron chi connectivity index (χ3n) is 2.56. The highest BCUT2D eigenvalue weighted by Crippen LogP contribution is 2.20. The predicted molar refractivity (Wildman–Crippen MR) is 56.0 cm³/mol. The van der Waals surface area contributed by atoms with Crippen molar-refractivity contribution in [2.24, 2.45) is 5.92 Å². The number of nitrogens with one attached hydrogen (secondary N) is 1. The second-order valence-corrected chi connectivity index (χ2v) is 3.62. The summed E-state index contributed by atoms with van der Waals surface area (Å²) >= 11 is 0. The molecule has 1 saturated heterocycles. The van der Waals surface area contributed by atoms with Crippen molar-refractivity contribution in [2.45, 2.75) is 32.8 Å². The fourth-order valence-corrected chi connectivity index (χ4v) is 1.65. The van der Waals surface area contributed by atoms with Crippen molar-refractivity contribution in [3.05, 3.63) is 12.2 Å². The third kappa shape index (κ3) is 3.14. The Labute approximate surface area is 85.5 Å². The number of hydrogen-bond donors (Lipinski definition) is 1. The molecule has 0 aromatic rings. The van der Waals surface area contributed by atoms with Crippen LogP contribution in [0.15, 0.2) is 12.2 Å². The van der Waals surface area contributed by atoms with Gasteiger partial charge in [0.2, 0.25) is 5.91 Å². The Morgan fingerprint density at radius 3 is 3.00 bits per heavy atom. The van der Waals surface area contributed by atoms with E-state index in [1.54, 1.807) is 0 Å². The van der Waals surface area contributed by atoms with Crippen molar-refractivity contribution in [1.29, 1.82) is 0 Å². The zero-order chi connectivity index (χ0) is 10.4. The Kier molecular flexibility index (Phi) is 4.66. The molecule has 0 aromatic carbocycles. The maximum absolute atomic E-state index is 11.6. The van der Waals surface area contributed by atoms with E-state index in [1.807, 2.05) is 19.9 Å². The van der Waals surface area contributed by atoms with Crippen LogP contribution in [0.3, 0.4) is 0 Å². The smallest absolute Gasteiger partial charge is 0.225 e. The number of rotatable bonds is 4. The van der Waals surface area contributed by atoms with E-state index in [2.05, 4.69) is 11.4 Å². The maximum atomic E-state index is 11.6. The van der Waals surface area contributed by atoms with Crippen molar-refractivity contribution in [3.8, 4) is 0 Å². The summed E-state index contributed by atoms with van der Waals surface area (Å²) < 4.78 is 5.34. The minimum absolute atomic E-state index is 0.0561. The molecular formula is C11H19NO2. The van der Waals surface area contributed by atoms with Gasteiger partial charge in [-0.25, -0.2) is 0 Å². The van der Waals surface area contributed by atoms with Crippen molar-refractivity contribution < 1.29 is 9.53 Å². The Bertz CT molecular complexity index is 213. The van der Waals surface area contributed by atoms with E-state index in [9.17, 15) is 4.79 Å². The molecule has 1 N–H and O–H groups in total. The van der Waals surface area contributed by atoms with Crippen LogP contribution >= 0.6 is 0 Å². The Morgan fingerprint density at radius 1 is 1.64 bits per heavy atom. The van der Waals surface area contributed by atoms with Gasteiger partial charge in [0.1, 0.15) is 0 Å². The summed E-state index contributed by atoms with van der Waals surface area (Å²) in [5.41, 5.74) is 0. The van der Waals surface area contributed by atoms with Crippen molar-refractivity contribution >= 4 is 5.91 Å². The molecule has 2 atom stereocenters. The lowest BCUT2D eigenvalue weighted by Crippen LogP contribution is -2.34. The van der Waals surface area contributed by atoms with Gasteiger partial charge in [0.25, 0.3) is 0 Å². The fraction of sp³-hybridized carbons (Fsp3) is 0.727. The van der Waals surface area contributed by atoms with Crippen LogP contribution in [0.1, 0.15) is 26.7 Å². The average Bonchev–Trinajstić information content (AvgIpc) is 2.59. The average molecular weight is 197 g/mol. The molecule has 0 saturated carbocycles. The van der Waals surface area contributed by atoms with Gasteiger partial charge in [-0.3, -0.25) is 4.79 Å². The topological polar surface area (TPSA) is 38.3 Å². The molecule has 3 nitrogen and oxygen atoms in total. The molecule has 1 rings (SSSR count). The molecule has 1 heterocycles. The van der Waals surface area contributed by atoms with Gasteiger partial charge in [-0.1, -0.05) is 12.2 Å². The zero-order valence-corrected chi connectivity index (χ0v) is 8.95. The van der Waals surface area contributed by atoms with E-state index in [0.717, 1.165) is 19.4 Å². The number of carbonyl (C=O) groups excluding carboxylic acids is 1. The van der Waals surface area contributed by atoms with Gasteiger partial charge in [0.15, 0.2) is 0 Å². The van der Waals surface area contributed by atoms with Crippen molar-refractivity contribution in [3.63, 3.8) is 0 Å². The first-order valence-electron chi connectivity index (χ1n) is 5.26. The van der Waals surface area contributed by atoms with E-state index in [-0.39, 0.29) is 17.9 Å². The van der Waals surface area contributed by atoms with E-state index in [4.69, 9.17) is 4.74 Å². The fourth-order valence-electron chi connectivity index (χ4n) is 1.65. The van der Waals surface area contributed by atoms with Crippen LogP contribution in [-0.4, -0.2) is 25.2 Å². The molecule has 14 heavy (non-hydrogen) atoms. The number of allylic oxidation sites excluding steroid dienone is 1. The maximum Gasteiger partial charge on any atom is 0.225 e. The molecule has 1 amide bonds. The van der Waals surface area contributed by atoms with Crippen molar-refractivity contribution in [2.75, 3.05) is 13.2 Å². The van der Waals surface area contributed by atoms with Gasteiger partial charge < -0.3 is 10.1 Å². The molecule has 3 heteroatoms. The van der Waals surface area contributed by atoms with Gasteiger partial charge in [-0.2, -0.15) is 0 Å². The number of amides is 1. The molecule has 0 spiro atoms. The van der Waals surface area contributed by atoms with Crippen LogP contribution < -0.4 is 5.32 Å². The summed E-state index contributed by atoms with van der Waals surface area (Å²) in [6.07, 6.45) is 5.89. The third-order valence-corrected chi connectivity index (χ3v) is 2.56. The van der Waals surface area contributed by atoms with Crippen LogP contribution in [0.2, 0.25) is 0 Å². The first-order chi connectivity index (χ1) is 6.75. The normalized spacial score (nSPS) is 27.0. The lowest BCUT2D eigenvalue weighted by atomic mass is 10.0. The molecule has 0 aliphatic carbocycles. The number of carbonyl (C=O) groups is 1. The summed E-state index contributed by atoms with van der Waals surface area (Å²) in [5.74, 6) is 0.195. The largest absolute Gasteiger partial charge is 0.378 e. The molecule has 1 aliphatic heterocycles. The number of ether oxygens (including phenoxy) is 1.